The summed E-state index contributed by atoms with van der Waals surface area (Å²) in [6, 6.07) is 14.2. The van der Waals surface area contributed by atoms with Crippen molar-refractivity contribution >= 4 is 39.8 Å². The zero-order valence-electron chi connectivity index (χ0n) is 15.9. The number of halogens is 1. The van der Waals surface area contributed by atoms with E-state index in [1.54, 1.807) is 0 Å². The molecule has 3 heterocycles. The number of piperazine rings is 1. The zero-order chi connectivity index (χ0) is 19.3. The molecule has 0 bridgehead atoms. The number of aromatic nitrogens is 4. The molecule has 1 fully saturated rings. The Kier molecular flexibility index (Phi) is 4.09. The Labute approximate surface area is 168 Å². The van der Waals surface area contributed by atoms with Crippen LogP contribution in [0.1, 0.15) is 11.4 Å². The van der Waals surface area contributed by atoms with Gasteiger partial charge in [-0.3, -0.25) is 0 Å². The Morgan fingerprint density at radius 3 is 2.46 bits per heavy atom. The molecule has 1 aliphatic rings. The second-order valence-electron chi connectivity index (χ2n) is 7.24. The summed E-state index contributed by atoms with van der Waals surface area (Å²) in [7, 11) is 0. The highest BCUT2D eigenvalue weighted by molar-refractivity contribution is 6.30. The maximum Gasteiger partial charge on any atom is 0.213 e. The largest absolute Gasteiger partial charge is 0.368 e. The summed E-state index contributed by atoms with van der Waals surface area (Å²) < 4.78 is 2.07. The molecule has 0 N–H and O–H groups in total. The molecule has 0 aliphatic carbocycles. The maximum absolute atomic E-state index is 6.22. The van der Waals surface area contributed by atoms with Gasteiger partial charge in [0.2, 0.25) is 5.95 Å². The SMILES string of the molecule is Cc1ccc(Cl)cc1N1CCN(c2nc3ccccc3c3nnc(C)n23)CC1. The lowest BCUT2D eigenvalue weighted by Crippen LogP contribution is -2.47. The molecule has 2 aromatic carbocycles. The first-order chi connectivity index (χ1) is 13.6. The van der Waals surface area contributed by atoms with Crippen LogP contribution < -0.4 is 9.80 Å². The molecule has 2 aromatic heterocycles. The van der Waals surface area contributed by atoms with Gasteiger partial charge in [0.15, 0.2) is 5.65 Å². The second-order valence-corrected chi connectivity index (χ2v) is 7.68. The number of anilines is 2. The van der Waals surface area contributed by atoms with E-state index in [1.807, 2.05) is 31.2 Å². The molecule has 0 amide bonds. The van der Waals surface area contributed by atoms with Gasteiger partial charge in [-0.25, -0.2) is 9.38 Å². The molecule has 4 aromatic rings. The van der Waals surface area contributed by atoms with Crippen molar-refractivity contribution < 1.29 is 0 Å². The third-order valence-electron chi connectivity index (χ3n) is 5.46. The molecule has 0 saturated carbocycles. The number of para-hydroxylation sites is 1. The molecule has 7 heteroatoms. The van der Waals surface area contributed by atoms with E-state index in [9.17, 15) is 0 Å². The fraction of sp³-hybridized carbons (Fsp3) is 0.286. The van der Waals surface area contributed by atoms with Gasteiger partial charge in [-0.05, 0) is 43.7 Å². The molecule has 1 aliphatic heterocycles. The van der Waals surface area contributed by atoms with Crippen LogP contribution in [-0.2, 0) is 0 Å². The van der Waals surface area contributed by atoms with Crippen molar-refractivity contribution in [3.63, 3.8) is 0 Å². The zero-order valence-corrected chi connectivity index (χ0v) is 16.7. The second kappa shape index (κ2) is 6.63. The highest BCUT2D eigenvalue weighted by Gasteiger charge is 2.23. The minimum absolute atomic E-state index is 0.779. The third-order valence-corrected chi connectivity index (χ3v) is 5.70. The highest BCUT2D eigenvalue weighted by atomic mass is 35.5. The number of hydrogen-bond donors (Lipinski definition) is 0. The quantitative estimate of drug-likeness (QED) is 0.518. The molecule has 0 spiro atoms. The van der Waals surface area contributed by atoms with Crippen molar-refractivity contribution in [1.82, 2.24) is 19.6 Å². The normalized spacial score (nSPS) is 15.0. The topological polar surface area (TPSA) is 49.6 Å². The van der Waals surface area contributed by atoms with E-state index in [0.29, 0.717) is 0 Å². The summed E-state index contributed by atoms with van der Waals surface area (Å²) in [5.41, 5.74) is 4.28. The van der Waals surface area contributed by atoms with E-state index in [4.69, 9.17) is 16.6 Å². The predicted octanol–water partition coefficient (Wildman–Crippen LogP) is 3.87. The Hall–Kier alpha value is -2.86. The van der Waals surface area contributed by atoms with Gasteiger partial charge < -0.3 is 9.80 Å². The average Bonchev–Trinajstić information content (AvgIpc) is 3.11. The van der Waals surface area contributed by atoms with Gasteiger partial charge in [-0.2, -0.15) is 0 Å². The molecule has 142 valence electrons. The lowest BCUT2D eigenvalue weighted by Gasteiger charge is -2.37. The van der Waals surface area contributed by atoms with Gasteiger partial charge in [0.05, 0.1) is 5.52 Å². The minimum atomic E-state index is 0.779. The molecular weight excluding hydrogens is 372 g/mol. The van der Waals surface area contributed by atoms with E-state index < -0.39 is 0 Å². The molecule has 0 unspecified atom stereocenters. The number of aryl methyl sites for hydroxylation is 2. The van der Waals surface area contributed by atoms with E-state index in [-0.39, 0.29) is 0 Å². The Balaban J connectivity index is 1.50. The molecule has 6 nitrogen and oxygen atoms in total. The monoisotopic (exact) mass is 392 g/mol. The molecule has 28 heavy (non-hydrogen) atoms. The number of hydrogen-bond acceptors (Lipinski definition) is 5. The van der Waals surface area contributed by atoms with Crippen LogP contribution >= 0.6 is 11.6 Å². The van der Waals surface area contributed by atoms with Gasteiger partial charge in [-0.1, -0.05) is 29.8 Å². The Bertz CT molecular complexity index is 1180. The van der Waals surface area contributed by atoms with Gasteiger partial charge in [0, 0.05) is 42.3 Å². The number of fused-ring (bicyclic) bond motifs is 3. The first kappa shape index (κ1) is 17.3. The van der Waals surface area contributed by atoms with E-state index in [2.05, 4.69) is 49.5 Å². The van der Waals surface area contributed by atoms with Crippen LogP contribution in [0.15, 0.2) is 42.5 Å². The predicted molar refractivity (Wildman–Crippen MR) is 114 cm³/mol. The number of nitrogens with zero attached hydrogens (tertiary/aromatic N) is 6. The first-order valence-electron chi connectivity index (χ1n) is 9.48. The van der Waals surface area contributed by atoms with Crippen LogP contribution in [0, 0.1) is 13.8 Å². The molecule has 5 rings (SSSR count). The van der Waals surface area contributed by atoms with Crippen LogP contribution in [0.4, 0.5) is 11.6 Å². The summed E-state index contributed by atoms with van der Waals surface area (Å²) in [6.45, 7) is 7.70. The van der Waals surface area contributed by atoms with Gasteiger partial charge in [0.25, 0.3) is 0 Å². The molecule has 0 atom stereocenters. The lowest BCUT2D eigenvalue weighted by molar-refractivity contribution is 0.635. The first-order valence-corrected chi connectivity index (χ1v) is 9.86. The van der Waals surface area contributed by atoms with Crippen LogP contribution in [-0.4, -0.2) is 45.8 Å². The number of benzene rings is 2. The van der Waals surface area contributed by atoms with E-state index in [0.717, 1.165) is 59.5 Å². The molecule has 0 radical (unpaired) electrons. The Morgan fingerprint density at radius 2 is 1.64 bits per heavy atom. The standard InChI is InChI=1S/C21H21ClN6/c1-14-7-8-16(22)13-19(14)26-9-11-27(12-10-26)21-23-18-6-4-3-5-17(18)20-25-24-15(2)28(20)21/h3-8,13H,9-12H2,1-2H3. The van der Waals surface area contributed by atoms with Gasteiger partial charge >= 0.3 is 0 Å². The highest BCUT2D eigenvalue weighted by Crippen LogP contribution is 2.28. The van der Waals surface area contributed by atoms with Crippen LogP contribution in [0.5, 0.6) is 0 Å². The molecule has 1 saturated heterocycles. The van der Waals surface area contributed by atoms with Crippen molar-refractivity contribution in [3.05, 3.63) is 58.9 Å². The lowest BCUT2D eigenvalue weighted by atomic mass is 10.1. The summed E-state index contributed by atoms with van der Waals surface area (Å²) >= 11 is 6.22. The maximum atomic E-state index is 6.22. The average molecular weight is 393 g/mol. The van der Waals surface area contributed by atoms with Gasteiger partial charge in [0.1, 0.15) is 5.82 Å². The van der Waals surface area contributed by atoms with Crippen molar-refractivity contribution in [2.45, 2.75) is 13.8 Å². The van der Waals surface area contributed by atoms with Crippen LogP contribution in [0.2, 0.25) is 5.02 Å². The van der Waals surface area contributed by atoms with Crippen LogP contribution in [0.25, 0.3) is 16.6 Å². The smallest absolute Gasteiger partial charge is 0.213 e. The molecular formula is C21H21ClN6. The van der Waals surface area contributed by atoms with Crippen LogP contribution in [0.3, 0.4) is 0 Å². The summed E-state index contributed by atoms with van der Waals surface area (Å²) in [6.07, 6.45) is 0. The van der Waals surface area contributed by atoms with Crippen molar-refractivity contribution in [1.29, 1.82) is 0 Å². The minimum Gasteiger partial charge on any atom is -0.368 e. The fourth-order valence-electron chi connectivity index (χ4n) is 3.98. The van der Waals surface area contributed by atoms with Crippen molar-refractivity contribution in [2.75, 3.05) is 36.0 Å². The van der Waals surface area contributed by atoms with E-state index in [1.165, 1.54) is 11.3 Å². The Morgan fingerprint density at radius 1 is 0.893 bits per heavy atom. The van der Waals surface area contributed by atoms with Crippen molar-refractivity contribution in [2.24, 2.45) is 0 Å². The number of rotatable bonds is 2. The third kappa shape index (κ3) is 2.76. The fourth-order valence-corrected chi connectivity index (χ4v) is 4.14. The summed E-state index contributed by atoms with van der Waals surface area (Å²) in [5.74, 6) is 1.77. The summed E-state index contributed by atoms with van der Waals surface area (Å²) in [4.78, 5) is 9.68. The van der Waals surface area contributed by atoms with Gasteiger partial charge in [-0.15, -0.1) is 10.2 Å². The van der Waals surface area contributed by atoms with E-state index >= 15 is 0 Å². The summed E-state index contributed by atoms with van der Waals surface area (Å²) in [5, 5.41) is 10.5. The van der Waals surface area contributed by atoms with Crippen molar-refractivity contribution in [3.8, 4) is 0 Å².